The van der Waals surface area contributed by atoms with Crippen molar-refractivity contribution in [3.8, 4) is 0 Å². The van der Waals surface area contributed by atoms with Gasteiger partial charge in [-0.05, 0) is 24.5 Å². The summed E-state index contributed by atoms with van der Waals surface area (Å²) in [6.07, 6.45) is 6.07. The lowest BCUT2D eigenvalue weighted by Crippen LogP contribution is -2.38. The van der Waals surface area contributed by atoms with Crippen LogP contribution in [0.1, 0.15) is 30.6 Å². The number of carbonyl (C=O) groups excluding carboxylic acids is 1. The first-order chi connectivity index (χ1) is 9.10. The largest absolute Gasteiger partial charge is 0.394 e. The second-order valence-electron chi connectivity index (χ2n) is 5.09. The number of nitrogens with one attached hydrogen (secondary N) is 1. The van der Waals surface area contributed by atoms with E-state index in [0.717, 1.165) is 12.1 Å². The lowest BCUT2D eigenvalue weighted by atomic mass is 10.0. The molecule has 0 aliphatic heterocycles. The Morgan fingerprint density at radius 2 is 2.26 bits per heavy atom. The highest BCUT2D eigenvalue weighted by molar-refractivity contribution is 5.95. The van der Waals surface area contributed by atoms with E-state index in [1.165, 1.54) is 0 Å². The van der Waals surface area contributed by atoms with Crippen LogP contribution >= 0.6 is 0 Å². The smallest absolute Gasteiger partial charge is 0.251 e. The van der Waals surface area contributed by atoms with Gasteiger partial charge in [-0.2, -0.15) is 0 Å². The van der Waals surface area contributed by atoms with Crippen molar-refractivity contribution in [3.05, 3.63) is 36.3 Å². The van der Waals surface area contributed by atoms with Crippen LogP contribution < -0.4 is 5.32 Å². The molecule has 2 heterocycles. The van der Waals surface area contributed by atoms with Crippen LogP contribution in [0.5, 0.6) is 0 Å². The van der Waals surface area contributed by atoms with E-state index in [1.54, 1.807) is 24.5 Å². The summed E-state index contributed by atoms with van der Waals surface area (Å²) in [5, 5.41) is 12.1. The topological polar surface area (TPSA) is 66.6 Å². The fourth-order valence-electron chi connectivity index (χ4n) is 2.07. The number of hydrogen-bond donors (Lipinski definition) is 2. The van der Waals surface area contributed by atoms with Crippen molar-refractivity contribution in [2.75, 3.05) is 6.61 Å². The number of amides is 1. The van der Waals surface area contributed by atoms with Gasteiger partial charge in [0.1, 0.15) is 5.65 Å². The second-order valence-corrected chi connectivity index (χ2v) is 5.09. The third-order valence-electron chi connectivity index (χ3n) is 2.97. The average Bonchev–Trinajstić information content (AvgIpc) is 2.84. The lowest BCUT2D eigenvalue weighted by molar-refractivity contribution is 0.0908. The van der Waals surface area contributed by atoms with Crippen molar-refractivity contribution in [2.24, 2.45) is 5.92 Å². The Bertz CT molecular complexity index is 563. The molecule has 5 heteroatoms. The molecule has 0 fully saturated rings. The van der Waals surface area contributed by atoms with Gasteiger partial charge < -0.3 is 14.8 Å². The molecule has 1 atom stereocenters. The highest BCUT2D eigenvalue weighted by Crippen LogP contribution is 2.08. The third kappa shape index (κ3) is 3.32. The van der Waals surface area contributed by atoms with Crippen LogP contribution in [0.4, 0.5) is 0 Å². The van der Waals surface area contributed by atoms with Crippen molar-refractivity contribution in [1.82, 2.24) is 14.7 Å². The van der Waals surface area contributed by atoms with Crippen molar-refractivity contribution in [3.63, 3.8) is 0 Å². The van der Waals surface area contributed by atoms with Gasteiger partial charge in [0.05, 0.1) is 12.6 Å². The molecule has 0 aromatic carbocycles. The molecule has 2 N–H and O–H groups in total. The molecule has 5 nitrogen and oxygen atoms in total. The Balaban J connectivity index is 2.09. The fourth-order valence-corrected chi connectivity index (χ4v) is 2.07. The normalized spacial score (nSPS) is 12.8. The van der Waals surface area contributed by atoms with Gasteiger partial charge in [0, 0.05) is 24.2 Å². The summed E-state index contributed by atoms with van der Waals surface area (Å²) >= 11 is 0. The van der Waals surface area contributed by atoms with Gasteiger partial charge in [-0.25, -0.2) is 4.98 Å². The van der Waals surface area contributed by atoms with Crippen molar-refractivity contribution in [2.45, 2.75) is 26.3 Å². The SMILES string of the molecule is CC(C)C[C@H](CO)NC(=O)c1ccn2ccnc2c1. The van der Waals surface area contributed by atoms with E-state index in [-0.39, 0.29) is 18.6 Å². The zero-order chi connectivity index (χ0) is 13.8. The van der Waals surface area contributed by atoms with Crippen LogP contribution in [0.3, 0.4) is 0 Å². The number of imidazole rings is 1. The van der Waals surface area contributed by atoms with Gasteiger partial charge in [0.2, 0.25) is 0 Å². The predicted molar refractivity (Wildman–Crippen MR) is 73.0 cm³/mol. The Labute approximate surface area is 112 Å². The number of rotatable bonds is 5. The van der Waals surface area contributed by atoms with E-state index < -0.39 is 0 Å². The van der Waals surface area contributed by atoms with Gasteiger partial charge in [-0.1, -0.05) is 13.8 Å². The van der Waals surface area contributed by atoms with Crippen LogP contribution in [0.2, 0.25) is 0 Å². The Morgan fingerprint density at radius 1 is 1.47 bits per heavy atom. The molecular formula is C14H19N3O2. The van der Waals surface area contributed by atoms with Gasteiger partial charge in [-0.15, -0.1) is 0 Å². The van der Waals surface area contributed by atoms with Crippen molar-refractivity contribution < 1.29 is 9.90 Å². The first-order valence-corrected chi connectivity index (χ1v) is 6.44. The Kier molecular flexibility index (Phi) is 4.16. The summed E-state index contributed by atoms with van der Waals surface area (Å²) < 4.78 is 1.84. The average molecular weight is 261 g/mol. The molecule has 0 radical (unpaired) electrons. The number of aromatic nitrogens is 2. The summed E-state index contributed by atoms with van der Waals surface area (Å²) in [6.45, 7) is 4.08. The predicted octanol–water partition coefficient (Wildman–Crippen LogP) is 1.47. The van der Waals surface area contributed by atoms with Gasteiger partial charge >= 0.3 is 0 Å². The number of carbonyl (C=O) groups is 1. The molecule has 0 saturated carbocycles. The molecule has 0 spiro atoms. The third-order valence-corrected chi connectivity index (χ3v) is 2.97. The van der Waals surface area contributed by atoms with Crippen molar-refractivity contribution in [1.29, 1.82) is 0 Å². The van der Waals surface area contributed by atoms with E-state index in [9.17, 15) is 9.90 Å². The monoisotopic (exact) mass is 261 g/mol. The lowest BCUT2D eigenvalue weighted by Gasteiger charge is -2.18. The highest BCUT2D eigenvalue weighted by Gasteiger charge is 2.14. The molecule has 1 amide bonds. The molecule has 0 aliphatic carbocycles. The zero-order valence-corrected chi connectivity index (χ0v) is 11.2. The molecule has 0 unspecified atom stereocenters. The fraction of sp³-hybridized carbons (Fsp3) is 0.429. The maximum absolute atomic E-state index is 12.1. The maximum atomic E-state index is 12.1. The molecule has 102 valence electrons. The zero-order valence-electron chi connectivity index (χ0n) is 11.2. The molecule has 0 bridgehead atoms. The van der Waals surface area contributed by atoms with Gasteiger partial charge in [0.25, 0.3) is 5.91 Å². The molecule has 2 aromatic rings. The van der Waals surface area contributed by atoms with E-state index in [2.05, 4.69) is 24.1 Å². The molecule has 0 saturated heterocycles. The molecule has 0 aliphatic rings. The number of aliphatic hydroxyl groups is 1. The summed E-state index contributed by atoms with van der Waals surface area (Å²) in [5.41, 5.74) is 1.29. The number of aliphatic hydroxyl groups excluding tert-OH is 1. The minimum absolute atomic E-state index is 0.0461. The van der Waals surface area contributed by atoms with E-state index in [0.29, 0.717) is 11.5 Å². The summed E-state index contributed by atoms with van der Waals surface area (Å²) in [4.78, 5) is 16.2. The minimum atomic E-state index is -0.205. The van der Waals surface area contributed by atoms with Crippen LogP contribution in [0.25, 0.3) is 5.65 Å². The van der Waals surface area contributed by atoms with Crippen LogP contribution in [0, 0.1) is 5.92 Å². The first kappa shape index (κ1) is 13.5. The van der Waals surface area contributed by atoms with E-state index >= 15 is 0 Å². The van der Waals surface area contributed by atoms with Crippen LogP contribution in [-0.4, -0.2) is 33.0 Å². The van der Waals surface area contributed by atoms with Crippen LogP contribution in [-0.2, 0) is 0 Å². The maximum Gasteiger partial charge on any atom is 0.251 e. The van der Waals surface area contributed by atoms with Gasteiger partial charge in [-0.3, -0.25) is 4.79 Å². The van der Waals surface area contributed by atoms with Crippen molar-refractivity contribution >= 4 is 11.6 Å². The molecule has 19 heavy (non-hydrogen) atoms. The number of hydrogen-bond acceptors (Lipinski definition) is 3. The number of nitrogens with zero attached hydrogens (tertiary/aromatic N) is 2. The first-order valence-electron chi connectivity index (χ1n) is 6.44. The van der Waals surface area contributed by atoms with Crippen LogP contribution in [0.15, 0.2) is 30.7 Å². The summed E-state index contributed by atoms with van der Waals surface area (Å²) in [7, 11) is 0. The Hall–Kier alpha value is -1.88. The molecular weight excluding hydrogens is 242 g/mol. The summed E-state index contributed by atoms with van der Waals surface area (Å²) in [6, 6.07) is 3.27. The van der Waals surface area contributed by atoms with E-state index in [4.69, 9.17) is 0 Å². The highest BCUT2D eigenvalue weighted by atomic mass is 16.3. The number of pyridine rings is 1. The second kappa shape index (κ2) is 5.84. The standard InChI is InChI=1S/C14H19N3O2/c1-10(2)7-12(9-18)16-14(19)11-3-5-17-6-4-15-13(17)8-11/h3-6,8,10,12,18H,7,9H2,1-2H3,(H,16,19)/t12-/m1/s1. The molecule has 2 rings (SSSR count). The quantitative estimate of drug-likeness (QED) is 0.856. The number of fused-ring (bicyclic) bond motifs is 1. The molecule has 2 aromatic heterocycles. The van der Waals surface area contributed by atoms with Gasteiger partial charge in [0.15, 0.2) is 0 Å². The van der Waals surface area contributed by atoms with E-state index in [1.807, 2.05) is 10.6 Å². The minimum Gasteiger partial charge on any atom is -0.394 e. The Morgan fingerprint density at radius 3 is 2.95 bits per heavy atom. The summed E-state index contributed by atoms with van der Waals surface area (Å²) in [5.74, 6) is 0.248.